The van der Waals surface area contributed by atoms with Crippen LogP contribution in [-0.2, 0) is 29.1 Å². The number of fused-ring (bicyclic) bond motifs is 2. The van der Waals surface area contributed by atoms with Crippen LogP contribution in [0, 0.1) is 0 Å². The number of urea groups is 1. The lowest BCUT2D eigenvalue weighted by Crippen LogP contribution is -2.50. The van der Waals surface area contributed by atoms with Gasteiger partial charge in [0.1, 0.15) is 6.04 Å². The van der Waals surface area contributed by atoms with Crippen LogP contribution in [0.5, 0.6) is 0 Å². The third kappa shape index (κ3) is 4.63. The molecule has 13 nitrogen and oxygen atoms in total. The number of rotatable bonds is 6. The van der Waals surface area contributed by atoms with Gasteiger partial charge >= 0.3 is 22.5 Å². The monoisotopic (exact) mass is 422 g/mol. The van der Waals surface area contributed by atoms with Crippen molar-refractivity contribution in [3.8, 4) is 0 Å². The van der Waals surface area contributed by atoms with Crippen molar-refractivity contribution < 1.29 is 41.2 Å². The summed E-state index contributed by atoms with van der Waals surface area (Å²) in [6.07, 6.45) is 1.58. The minimum Gasteiger partial charge on any atom is -0.453 e. The number of ether oxygens (including phenoxy) is 1. The van der Waals surface area contributed by atoms with Crippen LogP contribution in [0.3, 0.4) is 0 Å². The molecular weight excluding hydrogens is 400 g/mol. The van der Waals surface area contributed by atoms with Gasteiger partial charge in [-0.3, -0.25) is 14.2 Å². The molecule has 1 saturated carbocycles. The molecule has 3 fully saturated rings. The summed E-state index contributed by atoms with van der Waals surface area (Å²) in [5, 5.41) is 3.24. The summed E-state index contributed by atoms with van der Waals surface area (Å²) < 4.78 is 39.4. The third-order valence-corrected chi connectivity index (χ3v) is 5.37. The van der Waals surface area contributed by atoms with Crippen molar-refractivity contribution in [3.63, 3.8) is 0 Å². The Morgan fingerprint density at radius 2 is 1.96 bits per heavy atom. The number of nitrogens with zero attached hydrogens (tertiary/aromatic N) is 2. The summed E-state index contributed by atoms with van der Waals surface area (Å²) in [7, 11) is -3.57. The van der Waals surface area contributed by atoms with Gasteiger partial charge in [0.2, 0.25) is 0 Å². The molecule has 158 valence electrons. The molecule has 0 unspecified atom stereocenters. The number of hydroxylamine groups is 3. The highest BCUT2D eigenvalue weighted by Crippen LogP contribution is 2.31. The summed E-state index contributed by atoms with van der Waals surface area (Å²) in [6, 6.07) is -2.34. The Kier molecular flexibility index (Phi) is 5.92. The van der Waals surface area contributed by atoms with E-state index in [-0.39, 0.29) is 25.1 Å². The van der Waals surface area contributed by atoms with Crippen LogP contribution in [-0.4, -0.2) is 78.8 Å². The molecule has 4 amide bonds. The molecule has 14 heteroatoms. The van der Waals surface area contributed by atoms with E-state index >= 15 is 0 Å². The molecule has 3 rings (SSSR count). The normalized spacial score (nSPS) is 29.7. The van der Waals surface area contributed by atoms with Crippen molar-refractivity contribution >= 4 is 28.4 Å². The number of hydrogen-bond acceptors (Lipinski definition) is 8. The standard InChI is InChI=1S/C14H22N4O9S/c1-25-13(20)15-8-2-4-10(6-8)26-16-12(19)11-5-3-9-7-17(11)14(21)18(9)27-28(22,23)24/h8-11H,2-7H2,1H3,(H,15,20)(H,16,19)(H,22,23,24)/t8-,9+,10-,11-/m0/s1. The Labute approximate surface area is 161 Å². The van der Waals surface area contributed by atoms with Gasteiger partial charge in [-0.1, -0.05) is 0 Å². The van der Waals surface area contributed by atoms with Crippen LogP contribution >= 0.6 is 0 Å². The SMILES string of the molecule is COC(=O)N[C@H]1CC[C@H](ONC(=O)[C@@H]2CC[C@@H]3CN2C(=O)N3OS(=O)(=O)O)C1. The van der Waals surface area contributed by atoms with E-state index in [4.69, 9.17) is 9.39 Å². The first kappa shape index (κ1) is 20.6. The molecule has 28 heavy (non-hydrogen) atoms. The molecule has 1 aliphatic carbocycles. The van der Waals surface area contributed by atoms with E-state index in [9.17, 15) is 22.8 Å². The summed E-state index contributed by atoms with van der Waals surface area (Å²) in [5.41, 5.74) is 2.34. The highest BCUT2D eigenvalue weighted by molar-refractivity contribution is 7.80. The Morgan fingerprint density at radius 3 is 2.64 bits per heavy atom. The molecule has 0 aromatic heterocycles. The fourth-order valence-electron chi connectivity index (χ4n) is 3.72. The van der Waals surface area contributed by atoms with Crippen molar-refractivity contribution in [2.45, 2.75) is 56.3 Å². The predicted octanol–water partition coefficient (Wildman–Crippen LogP) is -0.686. The number of alkyl carbamates (subject to hydrolysis) is 1. The molecular formula is C14H22N4O9S. The number of methoxy groups -OCH3 is 1. The van der Waals surface area contributed by atoms with Gasteiger partial charge in [-0.05, 0) is 32.1 Å². The average molecular weight is 422 g/mol. The maximum atomic E-state index is 12.4. The van der Waals surface area contributed by atoms with Gasteiger partial charge in [-0.25, -0.2) is 15.1 Å². The summed E-state index contributed by atoms with van der Waals surface area (Å²) >= 11 is 0. The fourth-order valence-corrected chi connectivity index (χ4v) is 4.11. The largest absolute Gasteiger partial charge is 0.453 e. The second kappa shape index (κ2) is 8.06. The zero-order valence-electron chi connectivity index (χ0n) is 15.1. The number of nitrogens with one attached hydrogen (secondary N) is 2. The topological polar surface area (TPSA) is 164 Å². The highest BCUT2D eigenvalue weighted by atomic mass is 32.3. The summed E-state index contributed by atoms with van der Waals surface area (Å²) in [6.45, 7) is 0.0982. The quantitative estimate of drug-likeness (QED) is 0.371. The van der Waals surface area contributed by atoms with Crippen LogP contribution in [0.25, 0.3) is 0 Å². The van der Waals surface area contributed by atoms with Crippen LogP contribution in [0.2, 0.25) is 0 Å². The zero-order valence-corrected chi connectivity index (χ0v) is 15.9. The van der Waals surface area contributed by atoms with Gasteiger partial charge in [0, 0.05) is 12.6 Å². The van der Waals surface area contributed by atoms with E-state index in [1.165, 1.54) is 12.0 Å². The van der Waals surface area contributed by atoms with Crippen molar-refractivity contribution in [3.05, 3.63) is 0 Å². The molecule has 0 aromatic carbocycles. The van der Waals surface area contributed by atoms with Gasteiger partial charge in [0.05, 0.1) is 19.3 Å². The molecule has 2 saturated heterocycles. The lowest BCUT2D eigenvalue weighted by atomic mass is 10.0. The molecule has 0 spiro atoms. The van der Waals surface area contributed by atoms with Gasteiger partial charge < -0.3 is 15.0 Å². The fraction of sp³-hybridized carbons (Fsp3) is 0.786. The number of carbonyl (C=O) groups is 3. The Balaban J connectivity index is 1.49. The molecule has 2 heterocycles. The zero-order chi connectivity index (χ0) is 20.5. The van der Waals surface area contributed by atoms with Gasteiger partial charge in [0.25, 0.3) is 5.91 Å². The van der Waals surface area contributed by atoms with Crippen LogP contribution in [0.4, 0.5) is 9.59 Å². The summed E-state index contributed by atoms with van der Waals surface area (Å²) in [5.74, 6) is -0.537. The van der Waals surface area contributed by atoms with Crippen molar-refractivity contribution in [2.24, 2.45) is 0 Å². The second-order valence-electron chi connectivity index (χ2n) is 6.86. The molecule has 0 radical (unpaired) electrons. The molecule has 3 N–H and O–H groups in total. The van der Waals surface area contributed by atoms with E-state index < -0.39 is 40.5 Å². The van der Waals surface area contributed by atoms with E-state index in [1.807, 2.05) is 0 Å². The number of hydrogen-bond donors (Lipinski definition) is 3. The smallest absolute Gasteiger partial charge is 0.418 e. The first-order chi connectivity index (χ1) is 13.2. The van der Waals surface area contributed by atoms with Crippen molar-refractivity contribution in [1.29, 1.82) is 0 Å². The minimum absolute atomic E-state index is 0.0982. The third-order valence-electron chi connectivity index (χ3n) is 5.02. The minimum atomic E-state index is -4.84. The number of amides is 4. The maximum absolute atomic E-state index is 12.4. The average Bonchev–Trinajstić information content (AvgIpc) is 3.17. The molecule has 3 aliphatic rings. The van der Waals surface area contributed by atoms with Crippen molar-refractivity contribution in [1.82, 2.24) is 20.8 Å². The lowest BCUT2D eigenvalue weighted by molar-refractivity contribution is -0.143. The maximum Gasteiger partial charge on any atom is 0.418 e. The summed E-state index contributed by atoms with van der Waals surface area (Å²) in [4.78, 5) is 42.5. The molecule has 0 aromatic rings. The Bertz CT molecular complexity index is 745. The number of carbonyl (C=O) groups excluding carboxylic acids is 3. The van der Waals surface area contributed by atoms with Gasteiger partial charge in [0.15, 0.2) is 0 Å². The van der Waals surface area contributed by atoms with Crippen molar-refractivity contribution in [2.75, 3.05) is 13.7 Å². The van der Waals surface area contributed by atoms with E-state index in [2.05, 4.69) is 19.8 Å². The highest BCUT2D eigenvalue weighted by Gasteiger charge is 2.49. The predicted molar refractivity (Wildman–Crippen MR) is 89.6 cm³/mol. The van der Waals surface area contributed by atoms with Gasteiger partial charge in [-0.15, -0.1) is 4.28 Å². The first-order valence-corrected chi connectivity index (χ1v) is 10.1. The van der Waals surface area contributed by atoms with E-state index in [0.717, 1.165) is 0 Å². The van der Waals surface area contributed by atoms with Crippen LogP contribution in [0.1, 0.15) is 32.1 Å². The van der Waals surface area contributed by atoms with E-state index in [1.54, 1.807) is 0 Å². The molecule has 4 atom stereocenters. The van der Waals surface area contributed by atoms with Crippen LogP contribution in [0.15, 0.2) is 0 Å². The lowest BCUT2D eigenvalue weighted by Gasteiger charge is -2.29. The Hall–Kier alpha value is -2.16. The number of piperidine rings is 1. The first-order valence-electron chi connectivity index (χ1n) is 8.74. The molecule has 2 bridgehead atoms. The Morgan fingerprint density at radius 1 is 1.21 bits per heavy atom. The van der Waals surface area contributed by atoms with Crippen LogP contribution < -0.4 is 10.8 Å². The molecule has 2 aliphatic heterocycles. The van der Waals surface area contributed by atoms with E-state index in [0.29, 0.717) is 30.7 Å². The van der Waals surface area contributed by atoms with Gasteiger partial charge in [-0.2, -0.15) is 13.5 Å². The second-order valence-corrected chi connectivity index (χ2v) is 7.87.